The van der Waals surface area contributed by atoms with E-state index in [0.717, 1.165) is 31.4 Å². The Labute approximate surface area is 139 Å². The molecule has 6 nitrogen and oxygen atoms in total. The van der Waals surface area contributed by atoms with E-state index in [1.165, 1.54) is 12.1 Å². The van der Waals surface area contributed by atoms with Crippen molar-refractivity contribution in [2.45, 2.75) is 18.9 Å². The quantitative estimate of drug-likeness (QED) is 0.805. The summed E-state index contributed by atoms with van der Waals surface area (Å²) in [7, 11) is 0. The number of urea groups is 1. The van der Waals surface area contributed by atoms with Gasteiger partial charge in [0.15, 0.2) is 0 Å². The molecule has 3 heterocycles. The Hall–Kier alpha value is -2.15. The number of amides is 2. The van der Waals surface area contributed by atoms with Crippen LogP contribution in [0.4, 0.5) is 9.18 Å². The average molecular weight is 332 g/mol. The molecule has 2 saturated heterocycles. The van der Waals surface area contributed by atoms with Crippen molar-refractivity contribution >= 4 is 17.1 Å². The third kappa shape index (κ3) is 2.84. The molecule has 0 aliphatic carbocycles. The Morgan fingerprint density at radius 3 is 2.58 bits per heavy atom. The number of aromatic nitrogens is 2. The molecule has 1 aromatic carbocycles. The lowest BCUT2D eigenvalue weighted by molar-refractivity contribution is 0.0403. The van der Waals surface area contributed by atoms with Crippen LogP contribution in [0.5, 0.6) is 0 Å². The minimum absolute atomic E-state index is 0.120. The van der Waals surface area contributed by atoms with E-state index in [2.05, 4.69) is 9.55 Å². The number of imidazole rings is 1. The molecule has 128 valence electrons. The van der Waals surface area contributed by atoms with Gasteiger partial charge in [-0.15, -0.1) is 0 Å². The van der Waals surface area contributed by atoms with Crippen LogP contribution in [0.1, 0.15) is 18.9 Å². The van der Waals surface area contributed by atoms with Gasteiger partial charge in [0, 0.05) is 38.3 Å². The molecule has 2 fully saturated rings. The molecule has 0 bridgehead atoms. The van der Waals surface area contributed by atoms with Crippen LogP contribution in [0.2, 0.25) is 0 Å². The van der Waals surface area contributed by atoms with Crippen molar-refractivity contribution in [1.29, 1.82) is 0 Å². The highest BCUT2D eigenvalue weighted by Crippen LogP contribution is 2.27. The zero-order valence-corrected chi connectivity index (χ0v) is 13.5. The van der Waals surface area contributed by atoms with E-state index >= 15 is 0 Å². The predicted molar refractivity (Wildman–Crippen MR) is 87.3 cm³/mol. The van der Waals surface area contributed by atoms with E-state index in [1.807, 2.05) is 9.80 Å². The first-order valence-corrected chi connectivity index (χ1v) is 8.46. The summed E-state index contributed by atoms with van der Waals surface area (Å²) in [5, 5.41) is 0. The number of piperidine rings is 1. The van der Waals surface area contributed by atoms with Crippen LogP contribution in [0.25, 0.3) is 11.0 Å². The maximum atomic E-state index is 13.3. The highest BCUT2D eigenvalue weighted by Gasteiger charge is 2.28. The SMILES string of the molecule is O=C(N1CCOCC1)N1CCC(n2cnc3cc(F)ccc32)CC1. The van der Waals surface area contributed by atoms with Gasteiger partial charge in [-0.05, 0) is 25.0 Å². The molecular weight excluding hydrogens is 311 g/mol. The minimum atomic E-state index is -0.265. The molecule has 0 radical (unpaired) electrons. The summed E-state index contributed by atoms with van der Waals surface area (Å²) in [6, 6.07) is 5.13. The standard InChI is InChI=1S/C17H21FN4O2/c18-13-1-2-16-15(11-13)19-12-22(16)14-3-5-20(6-4-14)17(23)21-7-9-24-10-8-21/h1-2,11-12,14H,3-10H2. The third-order valence-corrected chi connectivity index (χ3v) is 4.95. The van der Waals surface area contributed by atoms with Gasteiger partial charge in [0.2, 0.25) is 0 Å². The van der Waals surface area contributed by atoms with Gasteiger partial charge in [-0.2, -0.15) is 0 Å². The number of nitrogens with zero attached hydrogens (tertiary/aromatic N) is 4. The molecule has 1 aromatic heterocycles. The number of likely N-dealkylation sites (tertiary alicyclic amines) is 1. The maximum Gasteiger partial charge on any atom is 0.320 e. The average Bonchev–Trinajstić information content (AvgIpc) is 3.05. The second-order valence-corrected chi connectivity index (χ2v) is 6.39. The molecule has 2 aliphatic heterocycles. The van der Waals surface area contributed by atoms with Crippen molar-refractivity contribution in [3.8, 4) is 0 Å². The van der Waals surface area contributed by atoms with Crippen LogP contribution in [0.3, 0.4) is 0 Å². The first kappa shape index (κ1) is 15.4. The van der Waals surface area contributed by atoms with E-state index < -0.39 is 0 Å². The summed E-state index contributed by atoms with van der Waals surface area (Å²) >= 11 is 0. The number of hydrogen-bond acceptors (Lipinski definition) is 3. The molecule has 2 amide bonds. The van der Waals surface area contributed by atoms with Gasteiger partial charge >= 0.3 is 6.03 Å². The summed E-state index contributed by atoms with van der Waals surface area (Å²) in [6.45, 7) is 4.08. The van der Waals surface area contributed by atoms with Gasteiger partial charge in [-0.1, -0.05) is 0 Å². The number of carbonyl (C=O) groups excluding carboxylic acids is 1. The topological polar surface area (TPSA) is 50.6 Å². The van der Waals surface area contributed by atoms with Gasteiger partial charge < -0.3 is 19.1 Å². The zero-order chi connectivity index (χ0) is 16.5. The van der Waals surface area contributed by atoms with E-state index in [1.54, 1.807) is 12.4 Å². The number of ether oxygens (including phenoxy) is 1. The number of fused-ring (bicyclic) bond motifs is 1. The van der Waals surface area contributed by atoms with Crippen LogP contribution in [-0.4, -0.2) is 64.8 Å². The number of halogens is 1. The molecule has 2 aliphatic rings. The monoisotopic (exact) mass is 332 g/mol. The summed E-state index contributed by atoms with van der Waals surface area (Å²) in [5.74, 6) is -0.265. The lowest BCUT2D eigenvalue weighted by Gasteiger charge is -2.37. The molecule has 0 spiro atoms. The summed E-state index contributed by atoms with van der Waals surface area (Å²) in [6.07, 6.45) is 3.56. The number of rotatable bonds is 1. The Morgan fingerprint density at radius 2 is 1.83 bits per heavy atom. The molecule has 4 rings (SSSR count). The van der Waals surface area contributed by atoms with Gasteiger partial charge in [0.1, 0.15) is 5.82 Å². The van der Waals surface area contributed by atoms with Gasteiger partial charge in [0.25, 0.3) is 0 Å². The predicted octanol–water partition coefficient (Wildman–Crippen LogP) is 2.26. The summed E-state index contributed by atoms with van der Waals surface area (Å²) in [4.78, 5) is 20.6. The van der Waals surface area contributed by atoms with Crippen molar-refractivity contribution in [3.63, 3.8) is 0 Å². The normalized spacial score (nSPS) is 19.9. The highest BCUT2D eigenvalue weighted by atomic mass is 19.1. The molecule has 2 aromatic rings. The fourth-order valence-corrected chi connectivity index (χ4v) is 3.59. The number of hydrogen-bond donors (Lipinski definition) is 0. The molecule has 7 heteroatoms. The van der Waals surface area contributed by atoms with Crippen molar-refractivity contribution in [2.24, 2.45) is 0 Å². The highest BCUT2D eigenvalue weighted by molar-refractivity contribution is 5.76. The second kappa shape index (κ2) is 6.39. The lowest BCUT2D eigenvalue weighted by atomic mass is 10.0. The first-order valence-electron chi connectivity index (χ1n) is 8.46. The van der Waals surface area contributed by atoms with Crippen LogP contribution < -0.4 is 0 Å². The van der Waals surface area contributed by atoms with Crippen LogP contribution >= 0.6 is 0 Å². The molecular formula is C17H21FN4O2. The molecule has 0 N–H and O–H groups in total. The van der Waals surface area contributed by atoms with Crippen molar-refractivity contribution < 1.29 is 13.9 Å². The van der Waals surface area contributed by atoms with E-state index in [0.29, 0.717) is 37.9 Å². The van der Waals surface area contributed by atoms with Gasteiger partial charge in [0.05, 0.1) is 30.6 Å². The summed E-state index contributed by atoms with van der Waals surface area (Å²) < 4.78 is 20.7. The van der Waals surface area contributed by atoms with Crippen LogP contribution in [0, 0.1) is 5.82 Å². The van der Waals surface area contributed by atoms with Gasteiger partial charge in [-0.25, -0.2) is 14.2 Å². The Bertz CT molecular complexity index is 733. The summed E-state index contributed by atoms with van der Waals surface area (Å²) in [5.41, 5.74) is 1.64. The van der Waals surface area contributed by atoms with Crippen molar-refractivity contribution in [1.82, 2.24) is 19.4 Å². The zero-order valence-electron chi connectivity index (χ0n) is 13.5. The molecule has 0 atom stereocenters. The minimum Gasteiger partial charge on any atom is -0.378 e. The molecule has 0 unspecified atom stereocenters. The Balaban J connectivity index is 1.42. The Kier molecular flexibility index (Phi) is 4.10. The van der Waals surface area contributed by atoms with Crippen molar-refractivity contribution in [3.05, 3.63) is 30.3 Å². The number of morpholine rings is 1. The smallest absolute Gasteiger partial charge is 0.320 e. The third-order valence-electron chi connectivity index (χ3n) is 4.95. The largest absolute Gasteiger partial charge is 0.378 e. The Morgan fingerprint density at radius 1 is 1.12 bits per heavy atom. The maximum absolute atomic E-state index is 13.3. The fourth-order valence-electron chi connectivity index (χ4n) is 3.59. The second-order valence-electron chi connectivity index (χ2n) is 6.39. The van der Waals surface area contributed by atoms with Gasteiger partial charge in [-0.3, -0.25) is 0 Å². The lowest BCUT2D eigenvalue weighted by Crippen LogP contribution is -2.50. The van der Waals surface area contributed by atoms with E-state index in [9.17, 15) is 9.18 Å². The molecule has 24 heavy (non-hydrogen) atoms. The van der Waals surface area contributed by atoms with Crippen molar-refractivity contribution in [2.75, 3.05) is 39.4 Å². The molecule has 0 saturated carbocycles. The van der Waals surface area contributed by atoms with E-state index in [4.69, 9.17) is 4.74 Å². The first-order chi connectivity index (χ1) is 11.7. The van der Waals surface area contributed by atoms with Crippen LogP contribution in [-0.2, 0) is 4.74 Å². The fraction of sp³-hybridized carbons (Fsp3) is 0.529. The number of benzene rings is 1. The van der Waals surface area contributed by atoms with Crippen LogP contribution in [0.15, 0.2) is 24.5 Å². The van der Waals surface area contributed by atoms with E-state index in [-0.39, 0.29) is 11.8 Å². The number of carbonyl (C=O) groups is 1.